The molecule has 2 heterocycles. The Kier molecular flexibility index (Phi) is 8.12. The van der Waals surface area contributed by atoms with Gasteiger partial charge < -0.3 is 19.1 Å². The Morgan fingerprint density at radius 1 is 1.02 bits per heavy atom. The number of aryl methyl sites for hydroxylation is 3. The molecule has 0 atom stereocenters. The quantitative estimate of drug-likeness (QED) is 0.208. The molecule has 40 heavy (non-hydrogen) atoms. The summed E-state index contributed by atoms with van der Waals surface area (Å²) in [7, 11) is 4.18. The predicted octanol–water partition coefficient (Wildman–Crippen LogP) is 6.53. The third kappa shape index (κ3) is 5.84. The normalized spacial score (nSPS) is 11.5. The molecule has 0 amide bonds. The van der Waals surface area contributed by atoms with E-state index in [9.17, 15) is 9.90 Å². The van der Waals surface area contributed by atoms with Crippen molar-refractivity contribution in [3.8, 4) is 22.4 Å². The van der Waals surface area contributed by atoms with E-state index in [1.807, 2.05) is 48.8 Å². The van der Waals surface area contributed by atoms with E-state index >= 15 is 0 Å². The van der Waals surface area contributed by atoms with Crippen molar-refractivity contribution in [2.75, 3.05) is 20.6 Å². The van der Waals surface area contributed by atoms with Crippen LogP contribution in [0.25, 0.3) is 33.4 Å². The number of fused-ring (bicyclic) bond motifs is 1. The van der Waals surface area contributed by atoms with E-state index in [2.05, 4.69) is 60.3 Å². The zero-order valence-electron chi connectivity index (χ0n) is 23.8. The zero-order valence-corrected chi connectivity index (χ0v) is 23.8. The Morgan fingerprint density at radius 2 is 1.82 bits per heavy atom. The molecule has 0 bridgehead atoms. The number of rotatable bonds is 11. The molecule has 1 N–H and O–H groups in total. The van der Waals surface area contributed by atoms with Crippen molar-refractivity contribution in [2.24, 2.45) is 0 Å². The van der Waals surface area contributed by atoms with Crippen LogP contribution >= 0.6 is 0 Å². The second-order valence-electron chi connectivity index (χ2n) is 10.7. The highest BCUT2D eigenvalue weighted by Crippen LogP contribution is 2.30. The van der Waals surface area contributed by atoms with E-state index in [1.54, 1.807) is 6.07 Å². The SMILES string of the molecule is CCCc1nc2c(C)cc(-c3cn(CCCN(C)C)cn3)cc2n1Cc1ccc(-c2ccccc2)c(C(=O)O)c1. The van der Waals surface area contributed by atoms with Gasteiger partial charge in [0.2, 0.25) is 0 Å². The predicted molar refractivity (Wildman–Crippen MR) is 161 cm³/mol. The lowest BCUT2D eigenvalue weighted by molar-refractivity contribution is 0.0697. The summed E-state index contributed by atoms with van der Waals surface area (Å²) in [6.45, 7) is 6.76. The number of benzene rings is 3. The Morgan fingerprint density at radius 3 is 2.55 bits per heavy atom. The van der Waals surface area contributed by atoms with E-state index in [4.69, 9.17) is 9.97 Å². The fourth-order valence-corrected chi connectivity index (χ4v) is 5.30. The lowest BCUT2D eigenvalue weighted by Gasteiger charge is -2.13. The maximum Gasteiger partial charge on any atom is 0.336 e. The number of carboxylic acid groups (broad SMARTS) is 1. The molecule has 0 aliphatic rings. The Hall–Kier alpha value is -4.23. The largest absolute Gasteiger partial charge is 0.478 e. The van der Waals surface area contributed by atoms with Crippen molar-refractivity contribution in [1.29, 1.82) is 0 Å². The minimum absolute atomic E-state index is 0.307. The average molecular weight is 536 g/mol. The molecule has 0 saturated carbocycles. The van der Waals surface area contributed by atoms with Gasteiger partial charge in [0.05, 0.1) is 28.6 Å². The van der Waals surface area contributed by atoms with E-state index in [-0.39, 0.29) is 0 Å². The molecule has 5 rings (SSSR count). The Bertz CT molecular complexity index is 1630. The van der Waals surface area contributed by atoms with Crippen LogP contribution in [0.15, 0.2) is 73.2 Å². The maximum atomic E-state index is 12.2. The molecule has 5 aromatic rings. The van der Waals surface area contributed by atoms with Crippen molar-refractivity contribution >= 4 is 17.0 Å². The van der Waals surface area contributed by atoms with Crippen LogP contribution in [0, 0.1) is 6.92 Å². The smallest absolute Gasteiger partial charge is 0.336 e. The molecule has 0 aliphatic carbocycles. The molecular formula is C33H37N5O2. The van der Waals surface area contributed by atoms with Crippen LogP contribution in [0.2, 0.25) is 0 Å². The summed E-state index contributed by atoms with van der Waals surface area (Å²) in [6.07, 6.45) is 6.91. The fourth-order valence-electron chi connectivity index (χ4n) is 5.30. The summed E-state index contributed by atoms with van der Waals surface area (Å²) in [5, 5.41) is 10.0. The van der Waals surface area contributed by atoms with Crippen LogP contribution in [0.5, 0.6) is 0 Å². The van der Waals surface area contributed by atoms with E-state index < -0.39 is 5.97 Å². The van der Waals surface area contributed by atoms with Crippen molar-refractivity contribution in [2.45, 2.75) is 46.2 Å². The van der Waals surface area contributed by atoms with Crippen LogP contribution < -0.4 is 0 Å². The summed E-state index contributed by atoms with van der Waals surface area (Å²) in [6, 6.07) is 19.8. The Balaban J connectivity index is 1.52. The topological polar surface area (TPSA) is 76.2 Å². The molecule has 7 heteroatoms. The number of aromatic carboxylic acids is 1. The number of aromatic nitrogens is 4. The number of imidazole rings is 2. The number of carboxylic acids is 1. The van der Waals surface area contributed by atoms with Crippen molar-refractivity contribution in [3.63, 3.8) is 0 Å². The molecule has 0 aliphatic heterocycles. The second-order valence-corrected chi connectivity index (χ2v) is 10.7. The zero-order chi connectivity index (χ0) is 28.2. The molecule has 0 spiro atoms. The van der Waals surface area contributed by atoms with Crippen LogP contribution in [0.4, 0.5) is 0 Å². The standard InChI is InChI=1S/C33H37N5O2/c1-5-10-31-35-32-23(2)17-26(29-21-37(22-34-29)16-9-15-36(3)4)19-30(32)38(31)20-24-13-14-27(28(18-24)33(39)40)25-11-7-6-8-12-25/h6-8,11-14,17-19,21-22H,5,9-10,15-16,20H2,1-4H3,(H,39,40). The van der Waals surface area contributed by atoms with Crippen LogP contribution in [0.1, 0.15) is 47.1 Å². The maximum absolute atomic E-state index is 12.2. The summed E-state index contributed by atoms with van der Waals surface area (Å²) in [4.78, 5) is 24.2. The highest BCUT2D eigenvalue weighted by molar-refractivity contribution is 5.96. The molecule has 0 fully saturated rings. The van der Waals surface area contributed by atoms with Crippen LogP contribution in [-0.4, -0.2) is 55.7 Å². The monoisotopic (exact) mass is 535 g/mol. The van der Waals surface area contributed by atoms with Gasteiger partial charge in [0.25, 0.3) is 0 Å². The van der Waals surface area contributed by atoms with E-state index in [0.29, 0.717) is 12.1 Å². The van der Waals surface area contributed by atoms with Gasteiger partial charge in [-0.2, -0.15) is 0 Å². The highest BCUT2D eigenvalue weighted by atomic mass is 16.4. The summed E-state index contributed by atoms with van der Waals surface area (Å²) in [5.41, 5.74) is 8.00. The molecule has 7 nitrogen and oxygen atoms in total. The molecule has 0 radical (unpaired) electrons. The minimum Gasteiger partial charge on any atom is -0.478 e. The first-order valence-corrected chi connectivity index (χ1v) is 13.9. The van der Waals surface area contributed by atoms with Gasteiger partial charge in [0.1, 0.15) is 5.82 Å². The van der Waals surface area contributed by atoms with Gasteiger partial charge in [-0.1, -0.05) is 49.4 Å². The molecule has 0 saturated heterocycles. The highest BCUT2D eigenvalue weighted by Gasteiger charge is 2.17. The van der Waals surface area contributed by atoms with Crippen LogP contribution in [-0.2, 0) is 19.5 Å². The van der Waals surface area contributed by atoms with Crippen molar-refractivity contribution in [3.05, 3.63) is 95.7 Å². The van der Waals surface area contributed by atoms with Crippen molar-refractivity contribution in [1.82, 2.24) is 24.0 Å². The van der Waals surface area contributed by atoms with Gasteiger partial charge in [-0.3, -0.25) is 0 Å². The fraction of sp³-hybridized carbons (Fsp3) is 0.303. The van der Waals surface area contributed by atoms with Crippen LogP contribution in [0.3, 0.4) is 0 Å². The molecule has 0 unspecified atom stereocenters. The van der Waals surface area contributed by atoms with Gasteiger partial charge in [0.15, 0.2) is 0 Å². The third-order valence-electron chi connectivity index (χ3n) is 7.29. The molecule has 2 aromatic heterocycles. The van der Waals surface area contributed by atoms with Gasteiger partial charge >= 0.3 is 5.97 Å². The van der Waals surface area contributed by atoms with Gasteiger partial charge in [-0.05, 0) is 80.9 Å². The van der Waals surface area contributed by atoms with Crippen molar-refractivity contribution < 1.29 is 9.90 Å². The number of nitrogens with zero attached hydrogens (tertiary/aromatic N) is 5. The third-order valence-corrected chi connectivity index (χ3v) is 7.29. The van der Waals surface area contributed by atoms with Gasteiger partial charge in [0, 0.05) is 31.3 Å². The summed E-state index contributed by atoms with van der Waals surface area (Å²) < 4.78 is 4.40. The molecule has 3 aromatic carbocycles. The number of hydrogen-bond donors (Lipinski definition) is 1. The minimum atomic E-state index is -0.927. The van der Waals surface area contributed by atoms with Gasteiger partial charge in [-0.25, -0.2) is 14.8 Å². The molecule has 206 valence electrons. The molecular weight excluding hydrogens is 498 g/mol. The second kappa shape index (κ2) is 11.9. The first-order chi connectivity index (χ1) is 19.3. The number of carbonyl (C=O) groups is 1. The number of hydrogen-bond acceptors (Lipinski definition) is 4. The van der Waals surface area contributed by atoms with E-state index in [1.165, 1.54) is 0 Å². The summed E-state index contributed by atoms with van der Waals surface area (Å²) >= 11 is 0. The lowest BCUT2D eigenvalue weighted by atomic mass is 9.97. The van der Waals surface area contributed by atoms with E-state index in [0.717, 1.165) is 82.7 Å². The lowest BCUT2D eigenvalue weighted by Crippen LogP contribution is -2.14. The Labute approximate surface area is 235 Å². The first-order valence-electron chi connectivity index (χ1n) is 13.9. The average Bonchev–Trinajstić information content (AvgIpc) is 3.54. The van der Waals surface area contributed by atoms with Gasteiger partial charge in [-0.15, -0.1) is 0 Å². The first kappa shape index (κ1) is 27.3. The summed E-state index contributed by atoms with van der Waals surface area (Å²) in [5.74, 6) is 0.0836.